The molecular formula is C25H21BrN4OS. The molecular weight excluding hydrogens is 484 g/mol. The number of carbonyl (C=O) groups excluding carboxylic acids is 1. The Morgan fingerprint density at radius 1 is 1.22 bits per heavy atom. The summed E-state index contributed by atoms with van der Waals surface area (Å²) in [4.78, 5) is 14.1. The Hall–Kier alpha value is -3.13. The molecule has 1 aliphatic rings. The molecule has 0 aliphatic heterocycles. The van der Waals surface area contributed by atoms with Crippen molar-refractivity contribution in [2.75, 3.05) is 5.32 Å². The molecule has 0 saturated carbocycles. The van der Waals surface area contributed by atoms with Crippen molar-refractivity contribution < 1.29 is 4.79 Å². The molecule has 3 aromatic rings. The zero-order chi connectivity index (χ0) is 22.8. The maximum Gasteiger partial charge on any atom is 0.266 e. The Labute approximate surface area is 199 Å². The first kappa shape index (κ1) is 22.1. The molecule has 1 N–H and O–H groups in total. The van der Waals surface area contributed by atoms with E-state index in [1.54, 1.807) is 6.08 Å². The predicted molar refractivity (Wildman–Crippen MR) is 131 cm³/mol. The lowest BCUT2D eigenvalue weighted by atomic mass is 9.96. The molecule has 1 amide bonds. The Morgan fingerprint density at radius 2 is 2.00 bits per heavy atom. The third-order valence-electron chi connectivity index (χ3n) is 5.71. The first-order chi connectivity index (χ1) is 15.4. The van der Waals surface area contributed by atoms with Crippen molar-refractivity contribution in [1.29, 1.82) is 10.5 Å². The number of thiophene rings is 1. The minimum absolute atomic E-state index is 0.00903. The number of rotatable bonds is 4. The lowest BCUT2D eigenvalue weighted by Gasteiger charge is -2.10. The van der Waals surface area contributed by atoms with E-state index in [9.17, 15) is 15.3 Å². The second-order valence-corrected chi connectivity index (χ2v) is 9.81. The molecule has 4 rings (SSSR count). The largest absolute Gasteiger partial charge is 0.318 e. The highest BCUT2D eigenvalue weighted by Gasteiger charge is 2.23. The first-order valence-electron chi connectivity index (χ1n) is 10.4. The molecule has 0 atom stereocenters. The van der Waals surface area contributed by atoms with Gasteiger partial charge >= 0.3 is 0 Å². The average Bonchev–Trinajstić information content (AvgIpc) is 3.27. The van der Waals surface area contributed by atoms with Crippen molar-refractivity contribution in [3.05, 3.63) is 73.3 Å². The van der Waals surface area contributed by atoms with Gasteiger partial charge in [0.1, 0.15) is 22.7 Å². The van der Waals surface area contributed by atoms with E-state index in [0.29, 0.717) is 10.6 Å². The van der Waals surface area contributed by atoms with Crippen LogP contribution in [0.15, 0.2) is 40.4 Å². The van der Waals surface area contributed by atoms with Crippen molar-refractivity contribution in [1.82, 2.24) is 4.57 Å². The van der Waals surface area contributed by atoms with E-state index in [4.69, 9.17) is 0 Å². The molecule has 32 heavy (non-hydrogen) atoms. The Balaban J connectivity index is 1.65. The summed E-state index contributed by atoms with van der Waals surface area (Å²) in [6.45, 7) is 3.96. The van der Waals surface area contributed by atoms with Gasteiger partial charge in [-0.2, -0.15) is 10.5 Å². The summed E-state index contributed by atoms with van der Waals surface area (Å²) < 4.78 is 3.06. The number of anilines is 1. The summed E-state index contributed by atoms with van der Waals surface area (Å²) in [5.41, 5.74) is 5.35. The van der Waals surface area contributed by atoms with Crippen LogP contribution in [-0.4, -0.2) is 10.5 Å². The second kappa shape index (κ2) is 9.16. The molecule has 1 aromatic carbocycles. The Morgan fingerprint density at radius 3 is 2.72 bits per heavy atom. The average molecular weight is 505 g/mol. The third-order valence-corrected chi connectivity index (χ3v) is 7.41. The molecule has 0 spiro atoms. The number of benzene rings is 1. The van der Waals surface area contributed by atoms with Gasteiger partial charge in [0, 0.05) is 26.4 Å². The number of hydrogen-bond donors (Lipinski definition) is 1. The second-order valence-electron chi connectivity index (χ2n) is 7.79. The molecule has 1 aliphatic carbocycles. The van der Waals surface area contributed by atoms with Gasteiger partial charge in [0.25, 0.3) is 5.91 Å². The van der Waals surface area contributed by atoms with Gasteiger partial charge in [-0.1, -0.05) is 22.0 Å². The summed E-state index contributed by atoms with van der Waals surface area (Å²) >= 11 is 4.96. The van der Waals surface area contributed by atoms with Gasteiger partial charge in [-0.25, -0.2) is 0 Å². The van der Waals surface area contributed by atoms with Crippen molar-refractivity contribution in [3.8, 4) is 17.8 Å². The highest BCUT2D eigenvalue weighted by atomic mass is 79.9. The predicted octanol–water partition coefficient (Wildman–Crippen LogP) is 6.21. The molecule has 2 aromatic heterocycles. The number of halogens is 1. The molecule has 7 heteroatoms. The molecule has 2 heterocycles. The summed E-state index contributed by atoms with van der Waals surface area (Å²) in [6, 6.07) is 14.2. The number of nitrogens with zero attached hydrogens (tertiary/aromatic N) is 3. The Bertz CT molecular complexity index is 1330. The van der Waals surface area contributed by atoms with E-state index in [1.807, 2.05) is 50.2 Å². The highest BCUT2D eigenvalue weighted by Crippen LogP contribution is 2.37. The highest BCUT2D eigenvalue weighted by molar-refractivity contribution is 9.10. The molecule has 0 radical (unpaired) electrons. The molecule has 0 fully saturated rings. The first-order valence-corrected chi connectivity index (χ1v) is 12.0. The number of fused-ring (bicyclic) bond motifs is 1. The van der Waals surface area contributed by atoms with Gasteiger partial charge < -0.3 is 9.88 Å². The van der Waals surface area contributed by atoms with E-state index >= 15 is 0 Å². The van der Waals surface area contributed by atoms with Crippen molar-refractivity contribution in [2.45, 2.75) is 39.5 Å². The number of hydrogen-bond acceptors (Lipinski definition) is 4. The number of carbonyl (C=O) groups is 1. The molecule has 5 nitrogen and oxygen atoms in total. The fraction of sp³-hybridized carbons (Fsp3) is 0.240. The quantitative estimate of drug-likeness (QED) is 0.338. The van der Waals surface area contributed by atoms with Crippen LogP contribution in [0.5, 0.6) is 0 Å². The van der Waals surface area contributed by atoms with Crippen molar-refractivity contribution in [3.63, 3.8) is 0 Å². The zero-order valence-corrected chi connectivity index (χ0v) is 20.2. The minimum atomic E-state index is -0.491. The van der Waals surface area contributed by atoms with Gasteiger partial charge in [-0.3, -0.25) is 4.79 Å². The van der Waals surface area contributed by atoms with Crippen LogP contribution in [0, 0.1) is 36.5 Å². The normalized spacial score (nSPS) is 13.2. The monoisotopic (exact) mass is 504 g/mol. The van der Waals surface area contributed by atoms with Gasteiger partial charge in [0.2, 0.25) is 0 Å². The number of aromatic nitrogens is 1. The smallest absolute Gasteiger partial charge is 0.266 e. The number of nitrogens with one attached hydrogen (secondary N) is 1. The molecule has 0 saturated heterocycles. The summed E-state index contributed by atoms with van der Waals surface area (Å²) in [5.74, 6) is -0.491. The van der Waals surface area contributed by atoms with Crippen molar-refractivity contribution >= 4 is 44.3 Å². The van der Waals surface area contributed by atoms with Gasteiger partial charge in [-0.15, -0.1) is 11.3 Å². The SMILES string of the molecule is Cc1cc(/C=C(\C#N)C(=O)Nc2sc3c(c2C#N)CCCC3)c(C)n1-c1cccc(Br)c1. The van der Waals surface area contributed by atoms with E-state index in [1.165, 1.54) is 16.2 Å². The van der Waals surface area contributed by atoms with Crippen LogP contribution in [0.25, 0.3) is 11.8 Å². The fourth-order valence-electron chi connectivity index (χ4n) is 4.19. The summed E-state index contributed by atoms with van der Waals surface area (Å²) in [6.07, 6.45) is 5.58. The summed E-state index contributed by atoms with van der Waals surface area (Å²) in [5, 5.41) is 22.7. The van der Waals surface area contributed by atoms with Gasteiger partial charge in [0.05, 0.1) is 5.56 Å². The topological polar surface area (TPSA) is 81.6 Å². The van der Waals surface area contributed by atoms with E-state index < -0.39 is 5.91 Å². The molecule has 160 valence electrons. The number of aryl methyl sites for hydroxylation is 2. The van der Waals surface area contributed by atoms with E-state index in [-0.39, 0.29) is 5.57 Å². The maximum absolute atomic E-state index is 12.9. The molecule has 0 bridgehead atoms. The van der Waals surface area contributed by atoms with Gasteiger partial charge in [0.15, 0.2) is 0 Å². The Kier molecular flexibility index (Phi) is 6.32. The third kappa shape index (κ3) is 4.14. The van der Waals surface area contributed by atoms with Crippen LogP contribution in [0.1, 0.15) is 45.8 Å². The van der Waals surface area contributed by atoms with Crippen molar-refractivity contribution in [2.24, 2.45) is 0 Å². The maximum atomic E-state index is 12.9. The van der Waals surface area contributed by atoms with Crippen LogP contribution >= 0.6 is 27.3 Å². The van der Waals surface area contributed by atoms with Crippen LogP contribution in [-0.2, 0) is 17.6 Å². The van der Waals surface area contributed by atoms with Crippen LogP contribution in [0.3, 0.4) is 0 Å². The standard InChI is InChI=1S/C25H21BrN4OS/c1-15-10-17(16(2)30(15)20-7-5-6-19(26)12-20)11-18(13-27)24(31)29-25-22(14-28)21-8-3-4-9-23(21)32-25/h5-7,10-12H,3-4,8-9H2,1-2H3,(H,29,31)/b18-11+. The number of nitriles is 2. The zero-order valence-electron chi connectivity index (χ0n) is 17.8. The lowest BCUT2D eigenvalue weighted by molar-refractivity contribution is -0.112. The van der Waals surface area contributed by atoms with E-state index in [2.05, 4.69) is 31.9 Å². The van der Waals surface area contributed by atoms with Crippen LogP contribution in [0.4, 0.5) is 5.00 Å². The number of amides is 1. The van der Waals surface area contributed by atoms with Gasteiger partial charge in [-0.05, 0) is 81.0 Å². The minimum Gasteiger partial charge on any atom is -0.318 e. The fourth-order valence-corrected chi connectivity index (χ4v) is 5.81. The van der Waals surface area contributed by atoms with E-state index in [0.717, 1.165) is 58.4 Å². The summed E-state index contributed by atoms with van der Waals surface area (Å²) in [7, 11) is 0. The molecule has 0 unspecified atom stereocenters. The van der Waals surface area contributed by atoms with Crippen LogP contribution < -0.4 is 5.32 Å². The lowest BCUT2D eigenvalue weighted by Crippen LogP contribution is -2.13. The van der Waals surface area contributed by atoms with Crippen LogP contribution in [0.2, 0.25) is 0 Å².